The Hall–Kier alpha value is -2.77. The number of imidazole rings is 1. The molecule has 6 nitrogen and oxygen atoms in total. The van der Waals surface area contributed by atoms with Gasteiger partial charge in [0.25, 0.3) is 5.91 Å². The van der Waals surface area contributed by atoms with E-state index >= 15 is 0 Å². The summed E-state index contributed by atoms with van der Waals surface area (Å²) in [6.45, 7) is 4.93. The quantitative estimate of drug-likeness (QED) is 0.666. The number of aromatic nitrogens is 2. The molecule has 3 heterocycles. The summed E-state index contributed by atoms with van der Waals surface area (Å²) in [6, 6.07) is 11.7. The van der Waals surface area contributed by atoms with Crippen LogP contribution in [0, 0.1) is 5.82 Å². The van der Waals surface area contributed by atoms with Crippen LogP contribution in [-0.2, 0) is 4.74 Å². The number of hydrogen-bond acceptors (Lipinski definition) is 4. The highest BCUT2D eigenvalue weighted by atomic mass is 19.1. The lowest BCUT2D eigenvalue weighted by atomic mass is 10.1. The molecule has 0 radical (unpaired) electrons. The SMILES string of the molecule is O=C(NCCCN1CCOCC1)c1nc2ccccn2c1-c1ccc(F)cc1. The molecule has 1 aromatic carbocycles. The summed E-state index contributed by atoms with van der Waals surface area (Å²) in [5.74, 6) is -0.531. The number of nitrogens with one attached hydrogen (secondary N) is 1. The number of hydrogen-bond donors (Lipinski definition) is 1. The molecule has 1 saturated heterocycles. The zero-order chi connectivity index (χ0) is 19.3. The first-order valence-corrected chi connectivity index (χ1v) is 9.54. The maximum absolute atomic E-state index is 13.3. The molecule has 1 aliphatic heterocycles. The van der Waals surface area contributed by atoms with Gasteiger partial charge >= 0.3 is 0 Å². The van der Waals surface area contributed by atoms with Crippen molar-refractivity contribution in [1.29, 1.82) is 0 Å². The fraction of sp³-hybridized carbons (Fsp3) is 0.333. The fourth-order valence-electron chi connectivity index (χ4n) is 3.45. The van der Waals surface area contributed by atoms with Crippen molar-refractivity contribution in [1.82, 2.24) is 19.6 Å². The van der Waals surface area contributed by atoms with Crippen LogP contribution in [0.1, 0.15) is 16.9 Å². The topological polar surface area (TPSA) is 58.9 Å². The van der Waals surface area contributed by atoms with E-state index in [2.05, 4.69) is 15.2 Å². The summed E-state index contributed by atoms with van der Waals surface area (Å²) in [5, 5.41) is 2.97. The Morgan fingerprint density at radius 3 is 2.71 bits per heavy atom. The van der Waals surface area contributed by atoms with Gasteiger partial charge in [-0.25, -0.2) is 9.37 Å². The smallest absolute Gasteiger partial charge is 0.272 e. The minimum absolute atomic E-state index is 0.218. The summed E-state index contributed by atoms with van der Waals surface area (Å²) < 4.78 is 20.6. The Kier molecular flexibility index (Phi) is 5.64. The van der Waals surface area contributed by atoms with Crippen molar-refractivity contribution in [2.75, 3.05) is 39.4 Å². The third kappa shape index (κ3) is 4.05. The number of morpholine rings is 1. The van der Waals surface area contributed by atoms with Crippen molar-refractivity contribution in [3.63, 3.8) is 0 Å². The van der Waals surface area contributed by atoms with Crippen molar-refractivity contribution in [2.45, 2.75) is 6.42 Å². The Labute approximate surface area is 162 Å². The van der Waals surface area contributed by atoms with Crippen molar-refractivity contribution >= 4 is 11.6 Å². The first kappa shape index (κ1) is 18.6. The van der Waals surface area contributed by atoms with Crippen LogP contribution in [0.5, 0.6) is 0 Å². The second kappa shape index (κ2) is 8.50. The molecule has 0 bridgehead atoms. The van der Waals surface area contributed by atoms with Gasteiger partial charge < -0.3 is 10.1 Å². The van der Waals surface area contributed by atoms with Gasteiger partial charge in [0, 0.05) is 31.4 Å². The number of pyridine rings is 1. The number of fused-ring (bicyclic) bond motifs is 1. The maximum Gasteiger partial charge on any atom is 0.272 e. The average molecular weight is 382 g/mol. The molecule has 28 heavy (non-hydrogen) atoms. The molecule has 0 aliphatic carbocycles. The molecule has 0 saturated carbocycles. The summed E-state index contributed by atoms with van der Waals surface area (Å²) in [5.41, 5.74) is 2.45. The molecule has 4 rings (SSSR count). The molecule has 1 fully saturated rings. The molecule has 0 atom stereocenters. The van der Waals surface area contributed by atoms with Crippen LogP contribution >= 0.6 is 0 Å². The summed E-state index contributed by atoms with van der Waals surface area (Å²) in [7, 11) is 0. The van der Waals surface area contributed by atoms with Gasteiger partial charge in [-0.15, -0.1) is 0 Å². The van der Waals surface area contributed by atoms with Gasteiger partial charge in [-0.2, -0.15) is 0 Å². The first-order valence-electron chi connectivity index (χ1n) is 9.54. The monoisotopic (exact) mass is 382 g/mol. The zero-order valence-corrected chi connectivity index (χ0v) is 15.6. The van der Waals surface area contributed by atoms with E-state index < -0.39 is 0 Å². The molecular formula is C21H23FN4O2. The number of carbonyl (C=O) groups is 1. The second-order valence-corrected chi connectivity index (χ2v) is 6.81. The van der Waals surface area contributed by atoms with E-state index in [-0.39, 0.29) is 11.7 Å². The van der Waals surface area contributed by atoms with Crippen LogP contribution < -0.4 is 5.32 Å². The van der Waals surface area contributed by atoms with Gasteiger partial charge in [-0.1, -0.05) is 6.07 Å². The van der Waals surface area contributed by atoms with Crippen molar-refractivity contribution < 1.29 is 13.9 Å². The Morgan fingerprint density at radius 2 is 1.93 bits per heavy atom. The van der Waals surface area contributed by atoms with E-state index in [4.69, 9.17) is 4.74 Å². The Bertz CT molecular complexity index is 949. The largest absolute Gasteiger partial charge is 0.379 e. The highest BCUT2D eigenvalue weighted by molar-refractivity contribution is 5.99. The number of nitrogens with zero attached hydrogens (tertiary/aromatic N) is 3. The van der Waals surface area contributed by atoms with E-state index in [0.29, 0.717) is 23.6 Å². The van der Waals surface area contributed by atoms with E-state index in [0.717, 1.165) is 44.8 Å². The minimum Gasteiger partial charge on any atom is -0.379 e. The maximum atomic E-state index is 13.3. The summed E-state index contributed by atoms with van der Waals surface area (Å²) >= 11 is 0. The molecule has 3 aromatic rings. The molecule has 2 aromatic heterocycles. The normalized spacial score (nSPS) is 15.0. The van der Waals surface area contributed by atoms with Crippen LogP contribution in [0.3, 0.4) is 0 Å². The van der Waals surface area contributed by atoms with Crippen LogP contribution in [0.15, 0.2) is 48.7 Å². The number of rotatable bonds is 6. The van der Waals surface area contributed by atoms with Crippen LogP contribution in [0.2, 0.25) is 0 Å². The molecule has 1 aliphatic rings. The van der Waals surface area contributed by atoms with Gasteiger partial charge in [0.15, 0.2) is 5.69 Å². The lowest BCUT2D eigenvalue weighted by molar-refractivity contribution is 0.0374. The standard InChI is InChI=1S/C21H23FN4O2/c22-17-7-5-16(6-8-17)20-19(24-18-4-1-2-11-26(18)20)21(27)23-9-3-10-25-12-14-28-15-13-25/h1-2,4-8,11H,3,9-10,12-15H2,(H,23,27). The Balaban J connectivity index is 1.50. The van der Waals surface area contributed by atoms with Gasteiger partial charge in [0.05, 0.1) is 18.9 Å². The second-order valence-electron chi connectivity index (χ2n) is 6.81. The van der Waals surface area contributed by atoms with Crippen molar-refractivity contribution in [3.05, 3.63) is 60.2 Å². The summed E-state index contributed by atoms with van der Waals surface area (Å²) in [6.07, 6.45) is 2.72. The number of halogens is 1. The molecule has 7 heteroatoms. The van der Waals surface area contributed by atoms with Crippen LogP contribution in [0.25, 0.3) is 16.9 Å². The van der Waals surface area contributed by atoms with E-state index in [9.17, 15) is 9.18 Å². The highest BCUT2D eigenvalue weighted by Crippen LogP contribution is 2.25. The van der Waals surface area contributed by atoms with Crippen molar-refractivity contribution in [3.8, 4) is 11.3 Å². The molecule has 1 amide bonds. The van der Waals surface area contributed by atoms with E-state index in [1.807, 2.05) is 28.8 Å². The summed E-state index contributed by atoms with van der Waals surface area (Å²) in [4.78, 5) is 19.7. The lowest BCUT2D eigenvalue weighted by Gasteiger charge is -2.26. The van der Waals surface area contributed by atoms with Gasteiger partial charge in [0.1, 0.15) is 11.5 Å². The molecule has 0 unspecified atom stereocenters. The van der Waals surface area contributed by atoms with Crippen molar-refractivity contribution in [2.24, 2.45) is 0 Å². The predicted octanol–water partition coefficient (Wildman–Crippen LogP) is 2.59. The fourth-order valence-corrected chi connectivity index (χ4v) is 3.45. The zero-order valence-electron chi connectivity index (χ0n) is 15.6. The number of amides is 1. The first-order chi connectivity index (χ1) is 13.7. The van der Waals surface area contributed by atoms with Gasteiger partial charge in [-0.3, -0.25) is 14.1 Å². The third-order valence-corrected chi connectivity index (χ3v) is 4.90. The number of benzene rings is 1. The predicted molar refractivity (Wildman–Crippen MR) is 105 cm³/mol. The molecule has 1 N–H and O–H groups in total. The van der Waals surface area contributed by atoms with Gasteiger partial charge in [0.2, 0.25) is 0 Å². The third-order valence-electron chi connectivity index (χ3n) is 4.90. The van der Waals surface area contributed by atoms with E-state index in [1.54, 1.807) is 12.1 Å². The number of carbonyl (C=O) groups excluding carboxylic acids is 1. The van der Waals surface area contributed by atoms with E-state index in [1.165, 1.54) is 12.1 Å². The molecule has 146 valence electrons. The van der Waals surface area contributed by atoms with Gasteiger partial charge in [-0.05, 0) is 49.4 Å². The Morgan fingerprint density at radius 1 is 1.14 bits per heavy atom. The average Bonchev–Trinajstić information content (AvgIpc) is 3.12. The lowest BCUT2D eigenvalue weighted by Crippen LogP contribution is -2.38. The number of ether oxygens (including phenoxy) is 1. The highest BCUT2D eigenvalue weighted by Gasteiger charge is 2.20. The van der Waals surface area contributed by atoms with Crippen LogP contribution in [-0.4, -0.2) is 59.6 Å². The molecular weight excluding hydrogens is 359 g/mol. The van der Waals surface area contributed by atoms with Crippen LogP contribution in [0.4, 0.5) is 4.39 Å². The molecule has 0 spiro atoms. The minimum atomic E-state index is -0.313.